The molecule has 1 amide bonds. The molecule has 0 radical (unpaired) electrons. The largest absolute Gasteiger partial charge is 0.497 e. The van der Waals surface area contributed by atoms with Gasteiger partial charge in [-0.25, -0.2) is 9.67 Å². The second-order valence-corrected chi connectivity index (χ2v) is 11.5. The number of nitrogens with zero attached hydrogens (tertiary/aromatic N) is 4. The number of nitrogens with one attached hydrogen (secondary N) is 1. The van der Waals surface area contributed by atoms with Crippen molar-refractivity contribution in [3.8, 4) is 5.75 Å². The SMILES string of the molecule is COc1ccc2[nH]cc(C3CCN(C(=O)c4cc(C5CC5)nc5c4c(C)nn5C(C)(C)C)CC3)c2c1. The minimum absolute atomic E-state index is 0.111. The molecule has 1 saturated heterocycles. The summed E-state index contributed by atoms with van der Waals surface area (Å²) < 4.78 is 7.45. The topological polar surface area (TPSA) is 76.0 Å². The Morgan fingerprint density at radius 1 is 1.08 bits per heavy atom. The van der Waals surface area contributed by atoms with Crippen LogP contribution in [-0.2, 0) is 5.54 Å². The maximum atomic E-state index is 13.9. The third-order valence-corrected chi connectivity index (χ3v) is 7.84. The molecular formula is C29H35N5O2. The second kappa shape index (κ2) is 8.36. The summed E-state index contributed by atoms with van der Waals surface area (Å²) in [5.41, 5.74) is 5.77. The molecule has 4 heterocycles. The molecular weight excluding hydrogens is 450 g/mol. The lowest BCUT2D eigenvalue weighted by atomic mass is 9.89. The number of aryl methyl sites for hydroxylation is 1. The lowest BCUT2D eigenvalue weighted by molar-refractivity contribution is 0.0715. The van der Waals surface area contributed by atoms with E-state index in [1.807, 2.05) is 22.6 Å². The first kappa shape index (κ1) is 23.1. The molecule has 4 aromatic rings. The van der Waals surface area contributed by atoms with Crippen LogP contribution in [0.1, 0.15) is 85.6 Å². The fourth-order valence-electron chi connectivity index (χ4n) is 5.68. The minimum atomic E-state index is -0.206. The first-order valence-corrected chi connectivity index (χ1v) is 13.1. The Balaban J connectivity index is 1.30. The summed E-state index contributed by atoms with van der Waals surface area (Å²) in [7, 11) is 1.70. The van der Waals surface area contributed by atoms with Crippen LogP contribution in [0.2, 0.25) is 0 Å². The van der Waals surface area contributed by atoms with E-state index in [0.717, 1.165) is 78.0 Å². The van der Waals surface area contributed by atoms with Crippen LogP contribution in [0.5, 0.6) is 5.75 Å². The summed E-state index contributed by atoms with van der Waals surface area (Å²) >= 11 is 0. The molecule has 188 valence electrons. The molecule has 7 nitrogen and oxygen atoms in total. The van der Waals surface area contributed by atoms with Crippen molar-refractivity contribution in [2.75, 3.05) is 20.2 Å². The van der Waals surface area contributed by atoms with Crippen LogP contribution in [0.15, 0.2) is 30.5 Å². The van der Waals surface area contributed by atoms with E-state index in [-0.39, 0.29) is 11.4 Å². The highest BCUT2D eigenvalue weighted by Gasteiger charge is 2.33. The van der Waals surface area contributed by atoms with Crippen LogP contribution in [0.4, 0.5) is 0 Å². The van der Waals surface area contributed by atoms with E-state index in [1.54, 1.807) is 7.11 Å². The average molecular weight is 486 g/mol. The Morgan fingerprint density at radius 3 is 2.50 bits per heavy atom. The first-order valence-electron chi connectivity index (χ1n) is 13.1. The molecule has 7 heteroatoms. The molecule has 0 bridgehead atoms. The van der Waals surface area contributed by atoms with Gasteiger partial charge >= 0.3 is 0 Å². The van der Waals surface area contributed by atoms with Gasteiger partial charge in [-0.2, -0.15) is 5.10 Å². The molecule has 6 rings (SSSR count). The molecule has 1 saturated carbocycles. The van der Waals surface area contributed by atoms with E-state index in [9.17, 15) is 4.79 Å². The van der Waals surface area contributed by atoms with Crippen molar-refractivity contribution in [2.24, 2.45) is 0 Å². The maximum Gasteiger partial charge on any atom is 0.254 e. The number of ether oxygens (including phenoxy) is 1. The van der Waals surface area contributed by atoms with E-state index in [0.29, 0.717) is 11.8 Å². The fraction of sp³-hybridized carbons (Fsp3) is 0.483. The van der Waals surface area contributed by atoms with Gasteiger partial charge in [-0.15, -0.1) is 0 Å². The van der Waals surface area contributed by atoms with Crippen molar-refractivity contribution in [3.63, 3.8) is 0 Å². The third-order valence-electron chi connectivity index (χ3n) is 7.84. The van der Waals surface area contributed by atoms with Crippen LogP contribution in [0.25, 0.3) is 21.9 Å². The van der Waals surface area contributed by atoms with E-state index in [2.05, 4.69) is 50.2 Å². The number of amides is 1. The molecule has 1 aliphatic heterocycles. The summed E-state index contributed by atoms with van der Waals surface area (Å²) in [5.74, 6) is 1.86. The Hall–Kier alpha value is -3.35. The Morgan fingerprint density at radius 2 is 1.83 bits per heavy atom. The van der Waals surface area contributed by atoms with Crippen LogP contribution < -0.4 is 4.74 Å². The Labute approximate surface area is 211 Å². The Kier molecular flexibility index (Phi) is 5.36. The number of aromatic amines is 1. The number of methoxy groups -OCH3 is 1. The number of rotatable bonds is 4. The zero-order valence-electron chi connectivity index (χ0n) is 21.9. The average Bonchev–Trinajstić information content (AvgIpc) is 3.55. The number of likely N-dealkylation sites (tertiary alicyclic amines) is 1. The molecule has 0 atom stereocenters. The van der Waals surface area contributed by atoms with Gasteiger partial charge in [0.2, 0.25) is 0 Å². The van der Waals surface area contributed by atoms with Gasteiger partial charge in [0.25, 0.3) is 5.91 Å². The predicted molar refractivity (Wildman–Crippen MR) is 142 cm³/mol. The highest BCUT2D eigenvalue weighted by atomic mass is 16.5. The maximum absolute atomic E-state index is 13.9. The number of carbonyl (C=O) groups is 1. The number of piperidine rings is 1. The molecule has 1 aliphatic carbocycles. The summed E-state index contributed by atoms with van der Waals surface area (Å²) in [4.78, 5) is 24.4. The molecule has 36 heavy (non-hydrogen) atoms. The standard InChI is InChI=1S/C29H35N5O2/c1-17-26-22(15-25(19-6-7-19)31-27(26)34(32-17)29(2,3)4)28(35)33-12-10-18(11-13-33)23-16-30-24-9-8-20(36-5)14-21(23)24/h8-9,14-16,18-19,30H,6-7,10-13H2,1-5H3. The number of carbonyl (C=O) groups excluding carboxylic acids is 1. The number of pyridine rings is 1. The number of hydrogen-bond donors (Lipinski definition) is 1. The summed E-state index contributed by atoms with van der Waals surface area (Å²) in [6.07, 6.45) is 6.32. The van der Waals surface area contributed by atoms with E-state index < -0.39 is 0 Å². The number of H-pyrrole nitrogens is 1. The highest BCUT2D eigenvalue weighted by Crippen LogP contribution is 2.41. The number of hydrogen-bond acceptors (Lipinski definition) is 4. The van der Waals surface area contributed by atoms with Crippen molar-refractivity contribution >= 4 is 27.8 Å². The Bertz CT molecular complexity index is 1460. The monoisotopic (exact) mass is 485 g/mol. The molecule has 2 fully saturated rings. The van der Waals surface area contributed by atoms with Crippen molar-refractivity contribution in [1.82, 2.24) is 24.6 Å². The highest BCUT2D eigenvalue weighted by molar-refractivity contribution is 6.06. The number of fused-ring (bicyclic) bond motifs is 2. The molecule has 1 N–H and O–H groups in total. The van der Waals surface area contributed by atoms with E-state index in [1.165, 1.54) is 10.9 Å². The first-order chi connectivity index (χ1) is 17.2. The van der Waals surface area contributed by atoms with Gasteiger partial charge in [0.05, 0.1) is 29.3 Å². The zero-order valence-corrected chi connectivity index (χ0v) is 21.9. The van der Waals surface area contributed by atoms with E-state index in [4.69, 9.17) is 14.8 Å². The quantitative estimate of drug-likeness (QED) is 0.392. The van der Waals surface area contributed by atoms with Crippen molar-refractivity contribution in [3.05, 3.63) is 53.0 Å². The normalized spacial score (nSPS) is 17.3. The molecule has 0 spiro atoms. The summed E-state index contributed by atoms with van der Waals surface area (Å²) in [6, 6.07) is 8.23. The fourth-order valence-corrected chi connectivity index (χ4v) is 5.68. The zero-order chi connectivity index (χ0) is 25.2. The molecule has 0 unspecified atom stereocenters. The summed E-state index contributed by atoms with van der Waals surface area (Å²) in [6.45, 7) is 9.90. The van der Waals surface area contributed by atoms with Crippen molar-refractivity contribution < 1.29 is 9.53 Å². The lowest BCUT2D eigenvalue weighted by Crippen LogP contribution is -2.38. The smallest absolute Gasteiger partial charge is 0.254 e. The molecule has 1 aromatic carbocycles. The summed E-state index contributed by atoms with van der Waals surface area (Å²) in [5, 5.41) is 6.95. The van der Waals surface area contributed by atoms with Crippen LogP contribution in [0.3, 0.4) is 0 Å². The second-order valence-electron chi connectivity index (χ2n) is 11.5. The van der Waals surface area contributed by atoms with Gasteiger partial charge in [-0.3, -0.25) is 4.79 Å². The number of aromatic nitrogens is 4. The van der Waals surface area contributed by atoms with Gasteiger partial charge in [-0.1, -0.05) is 0 Å². The van der Waals surface area contributed by atoms with Gasteiger partial charge < -0.3 is 14.6 Å². The molecule has 2 aliphatic rings. The predicted octanol–water partition coefficient (Wildman–Crippen LogP) is 5.88. The van der Waals surface area contributed by atoms with Gasteiger partial charge in [0, 0.05) is 41.8 Å². The van der Waals surface area contributed by atoms with E-state index >= 15 is 0 Å². The number of benzene rings is 1. The van der Waals surface area contributed by atoms with Gasteiger partial charge in [0.1, 0.15) is 5.75 Å². The van der Waals surface area contributed by atoms with Gasteiger partial charge in [-0.05, 0) is 89.1 Å². The third kappa shape index (κ3) is 3.85. The van der Waals surface area contributed by atoms with Crippen molar-refractivity contribution in [2.45, 2.75) is 70.8 Å². The van der Waals surface area contributed by atoms with Crippen LogP contribution in [0, 0.1) is 6.92 Å². The van der Waals surface area contributed by atoms with Crippen molar-refractivity contribution in [1.29, 1.82) is 0 Å². The minimum Gasteiger partial charge on any atom is -0.497 e. The molecule has 3 aromatic heterocycles. The van der Waals surface area contributed by atoms with Crippen LogP contribution >= 0.6 is 0 Å². The van der Waals surface area contributed by atoms with Gasteiger partial charge in [0.15, 0.2) is 5.65 Å². The van der Waals surface area contributed by atoms with Crippen LogP contribution in [-0.4, -0.2) is 50.8 Å². The lowest BCUT2D eigenvalue weighted by Gasteiger charge is -2.32.